The highest BCUT2D eigenvalue weighted by Crippen LogP contribution is 2.34. The van der Waals surface area contributed by atoms with E-state index in [2.05, 4.69) is 6.07 Å². The van der Waals surface area contributed by atoms with Crippen molar-refractivity contribution in [2.24, 2.45) is 0 Å². The summed E-state index contributed by atoms with van der Waals surface area (Å²) in [6.07, 6.45) is 0.698. The Hall–Kier alpha value is -2.18. The van der Waals surface area contributed by atoms with Gasteiger partial charge in [0.05, 0.1) is 25.7 Å². The third-order valence-corrected chi connectivity index (χ3v) is 4.96. The number of esters is 1. The van der Waals surface area contributed by atoms with Gasteiger partial charge < -0.3 is 14.2 Å². The number of carbonyl (C=O) groups is 2. The molecule has 5 nitrogen and oxygen atoms in total. The molecule has 2 aromatic rings. The van der Waals surface area contributed by atoms with Crippen molar-refractivity contribution in [1.82, 2.24) is 0 Å². The summed E-state index contributed by atoms with van der Waals surface area (Å²) in [5, 5.41) is 2.01. The number of ketones is 1. The van der Waals surface area contributed by atoms with Crippen molar-refractivity contribution >= 4 is 23.1 Å². The number of hydrogen-bond acceptors (Lipinski definition) is 6. The molecule has 126 valence electrons. The Bertz CT molecular complexity index is 765. The molecule has 3 rings (SSSR count). The van der Waals surface area contributed by atoms with Gasteiger partial charge in [-0.1, -0.05) is 0 Å². The van der Waals surface area contributed by atoms with Gasteiger partial charge in [0.1, 0.15) is 17.6 Å². The smallest absolute Gasteiger partial charge is 0.314 e. The lowest BCUT2D eigenvalue weighted by atomic mass is 10.1. The first kappa shape index (κ1) is 16.7. The average Bonchev–Trinajstić information content (AvgIpc) is 3.04. The van der Waals surface area contributed by atoms with Crippen LogP contribution >= 0.6 is 11.3 Å². The van der Waals surface area contributed by atoms with E-state index >= 15 is 0 Å². The van der Waals surface area contributed by atoms with E-state index in [1.807, 2.05) is 5.38 Å². The monoisotopic (exact) mass is 346 g/mol. The highest BCUT2D eigenvalue weighted by molar-refractivity contribution is 7.10. The maximum Gasteiger partial charge on any atom is 0.314 e. The number of carbonyl (C=O) groups excluding carboxylic acids is 2. The highest BCUT2D eigenvalue weighted by Gasteiger charge is 2.26. The molecule has 24 heavy (non-hydrogen) atoms. The van der Waals surface area contributed by atoms with Gasteiger partial charge in [-0.05, 0) is 42.5 Å². The minimum absolute atomic E-state index is 0.113. The fraction of sp³-hybridized carbons (Fsp3) is 0.333. The van der Waals surface area contributed by atoms with Gasteiger partial charge in [0.25, 0.3) is 0 Å². The zero-order valence-electron chi connectivity index (χ0n) is 13.5. The first-order chi connectivity index (χ1) is 11.6. The van der Waals surface area contributed by atoms with E-state index in [1.54, 1.807) is 29.5 Å². The molecule has 0 fully saturated rings. The molecule has 0 unspecified atom stereocenters. The molecule has 0 aliphatic carbocycles. The van der Waals surface area contributed by atoms with E-state index < -0.39 is 5.97 Å². The molecule has 1 atom stereocenters. The molecular weight excluding hydrogens is 328 g/mol. The van der Waals surface area contributed by atoms with Crippen LogP contribution in [0.2, 0.25) is 0 Å². The number of Topliss-reactive ketones (excluding diaryl/α,β-unsaturated/α-hetero) is 1. The van der Waals surface area contributed by atoms with Gasteiger partial charge in [-0.15, -0.1) is 11.3 Å². The molecule has 0 amide bonds. The highest BCUT2D eigenvalue weighted by atomic mass is 32.1. The summed E-state index contributed by atoms with van der Waals surface area (Å²) >= 11 is 1.59. The number of rotatable bonds is 5. The predicted octanol–water partition coefficient (Wildman–Crippen LogP) is 3.57. The molecule has 0 bridgehead atoms. The second-order valence-corrected chi connectivity index (χ2v) is 6.46. The second kappa shape index (κ2) is 7.15. The Morgan fingerprint density at radius 1 is 1.33 bits per heavy atom. The first-order valence-electron chi connectivity index (χ1n) is 7.66. The van der Waals surface area contributed by atoms with Crippen LogP contribution < -0.4 is 9.47 Å². The van der Waals surface area contributed by atoms with E-state index in [0.717, 1.165) is 11.3 Å². The minimum atomic E-state index is -0.433. The second-order valence-electron chi connectivity index (χ2n) is 5.52. The molecule has 1 aliphatic heterocycles. The molecule has 1 aromatic heterocycles. The Kier molecular flexibility index (Phi) is 4.97. The van der Waals surface area contributed by atoms with Gasteiger partial charge in [0, 0.05) is 10.9 Å². The van der Waals surface area contributed by atoms with Gasteiger partial charge >= 0.3 is 5.97 Å². The Morgan fingerprint density at radius 3 is 2.92 bits per heavy atom. The van der Waals surface area contributed by atoms with E-state index in [4.69, 9.17) is 14.2 Å². The number of thiophene rings is 1. The van der Waals surface area contributed by atoms with E-state index in [1.165, 1.54) is 19.6 Å². The number of benzene rings is 1. The van der Waals surface area contributed by atoms with Crippen molar-refractivity contribution in [1.29, 1.82) is 0 Å². The van der Waals surface area contributed by atoms with Crippen LogP contribution in [0.25, 0.3) is 0 Å². The third-order valence-electron chi connectivity index (χ3n) is 3.91. The van der Waals surface area contributed by atoms with Crippen LogP contribution in [-0.2, 0) is 16.0 Å². The van der Waals surface area contributed by atoms with Gasteiger partial charge in [0.15, 0.2) is 5.78 Å². The number of fused-ring (bicyclic) bond motifs is 1. The zero-order chi connectivity index (χ0) is 17.1. The fourth-order valence-corrected chi connectivity index (χ4v) is 3.70. The third kappa shape index (κ3) is 3.49. The van der Waals surface area contributed by atoms with Gasteiger partial charge in [0.2, 0.25) is 0 Å². The maximum atomic E-state index is 12.3. The van der Waals surface area contributed by atoms with Crippen molar-refractivity contribution in [3.63, 3.8) is 0 Å². The molecule has 1 aromatic carbocycles. The summed E-state index contributed by atoms with van der Waals surface area (Å²) in [6, 6.07) is 6.87. The fourth-order valence-electron chi connectivity index (χ4n) is 2.70. The Labute approximate surface area is 144 Å². The van der Waals surface area contributed by atoms with E-state index in [9.17, 15) is 9.59 Å². The first-order valence-corrected chi connectivity index (χ1v) is 8.54. The van der Waals surface area contributed by atoms with E-state index in [0.29, 0.717) is 17.9 Å². The van der Waals surface area contributed by atoms with Crippen molar-refractivity contribution in [3.05, 3.63) is 45.6 Å². The number of methoxy groups -OCH3 is 1. The maximum absolute atomic E-state index is 12.3. The van der Waals surface area contributed by atoms with Gasteiger partial charge in [-0.3, -0.25) is 9.59 Å². The van der Waals surface area contributed by atoms with Crippen LogP contribution in [-0.4, -0.2) is 25.5 Å². The topological polar surface area (TPSA) is 61.8 Å². The summed E-state index contributed by atoms with van der Waals surface area (Å²) in [5.74, 6) is 0.137. The van der Waals surface area contributed by atoms with Crippen molar-refractivity contribution in [3.8, 4) is 11.5 Å². The summed E-state index contributed by atoms with van der Waals surface area (Å²) in [5.41, 5.74) is 1.58. The quantitative estimate of drug-likeness (QED) is 0.470. The van der Waals surface area contributed by atoms with Crippen molar-refractivity contribution < 1.29 is 23.8 Å². The van der Waals surface area contributed by atoms with Gasteiger partial charge in [-0.2, -0.15) is 0 Å². The van der Waals surface area contributed by atoms with Crippen molar-refractivity contribution in [2.75, 3.05) is 13.7 Å². The molecule has 1 aliphatic rings. The summed E-state index contributed by atoms with van der Waals surface area (Å²) in [4.78, 5) is 25.1. The molecular formula is C18H18O5S. The average molecular weight is 346 g/mol. The SMILES string of the molecule is COc1ccc(C(C)=O)c(OC(=O)C[C@H]2OCCc3ccsc32)c1. The number of ether oxygens (including phenoxy) is 3. The normalized spacial score (nSPS) is 16.3. The van der Waals surface area contributed by atoms with E-state index in [-0.39, 0.29) is 24.1 Å². The largest absolute Gasteiger partial charge is 0.497 e. The van der Waals surface area contributed by atoms with Crippen LogP contribution in [0, 0.1) is 0 Å². The summed E-state index contributed by atoms with van der Waals surface area (Å²) in [6.45, 7) is 2.03. The number of hydrogen-bond donors (Lipinski definition) is 0. The Balaban J connectivity index is 1.75. The Morgan fingerprint density at radius 2 is 2.17 bits per heavy atom. The zero-order valence-corrected chi connectivity index (χ0v) is 14.4. The lowest BCUT2D eigenvalue weighted by molar-refractivity contribution is -0.137. The molecule has 0 spiro atoms. The molecule has 6 heteroatoms. The molecule has 2 heterocycles. The molecule has 0 N–H and O–H groups in total. The van der Waals surface area contributed by atoms with Crippen LogP contribution in [0.1, 0.15) is 40.2 Å². The standard InChI is InChI=1S/C18H18O5S/c1-11(19)14-4-3-13(21-2)9-15(14)23-17(20)10-16-18-12(5-7-22-16)6-8-24-18/h3-4,6,8-9,16H,5,7,10H2,1-2H3/t16-/m1/s1. The molecule has 0 saturated carbocycles. The molecule has 0 saturated heterocycles. The molecule has 0 radical (unpaired) electrons. The predicted molar refractivity (Wildman–Crippen MR) is 90.0 cm³/mol. The van der Waals surface area contributed by atoms with Gasteiger partial charge in [-0.25, -0.2) is 0 Å². The van der Waals surface area contributed by atoms with Crippen LogP contribution in [0.4, 0.5) is 0 Å². The summed E-state index contributed by atoms with van der Waals surface area (Å²) < 4.78 is 16.3. The van der Waals surface area contributed by atoms with Crippen LogP contribution in [0.15, 0.2) is 29.6 Å². The van der Waals surface area contributed by atoms with Crippen LogP contribution in [0.5, 0.6) is 11.5 Å². The minimum Gasteiger partial charge on any atom is -0.497 e. The summed E-state index contributed by atoms with van der Waals surface area (Å²) in [7, 11) is 1.52. The van der Waals surface area contributed by atoms with Crippen molar-refractivity contribution in [2.45, 2.75) is 25.9 Å². The lowest BCUT2D eigenvalue weighted by Crippen LogP contribution is -2.20. The van der Waals surface area contributed by atoms with Crippen LogP contribution in [0.3, 0.4) is 0 Å². The lowest BCUT2D eigenvalue weighted by Gasteiger charge is -2.22.